The Balaban J connectivity index is -0.000000175. The number of nitrogens with one attached hydrogen (secondary N) is 2. The highest BCUT2D eigenvalue weighted by Gasteiger charge is 1.65. The number of hydrazone groups is 1. The molecule has 0 spiro atoms. The summed E-state index contributed by atoms with van der Waals surface area (Å²) in [5.41, 5.74) is 5.37. The summed E-state index contributed by atoms with van der Waals surface area (Å²) >= 11 is 0. The van der Waals surface area contributed by atoms with E-state index in [1.165, 1.54) is 0 Å². The largest absolute Gasteiger partial charge is 0.243 e. The van der Waals surface area contributed by atoms with E-state index in [0.29, 0.717) is 0 Å². The van der Waals surface area contributed by atoms with Crippen molar-refractivity contribution in [2.45, 2.75) is 34.6 Å². The van der Waals surface area contributed by atoms with E-state index in [4.69, 9.17) is 0 Å². The summed E-state index contributed by atoms with van der Waals surface area (Å²) in [6.45, 7) is 14.3. The maximum absolute atomic E-state index is 3.68. The van der Waals surface area contributed by atoms with Gasteiger partial charge in [0.2, 0.25) is 0 Å². The van der Waals surface area contributed by atoms with E-state index in [1.807, 2.05) is 34.6 Å². The monoisotopic (exact) mass is 173 g/mol. The van der Waals surface area contributed by atoms with Gasteiger partial charge in [-0.1, -0.05) is 41.2 Å². The zero-order chi connectivity index (χ0) is 10.2. The first-order chi connectivity index (χ1) is 5.91. The Morgan fingerprint density at radius 1 is 1.25 bits per heavy atom. The first kappa shape index (κ1) is 17.3. The fraction of sp³-hybridized carbons (Fsp3) is 0.667. The highest BCUT2D eigenvalue weighted by Crippen LogP contribution is 1.52. The zero-order valence-corrected chi connectivity index (χ0v) is 9.02. The first-order valence-electron chi connectivity index (χ1n) is 4.53. The summed E-state index contributed by atoms with van der Waals surface area (Å²) in [5.74, 6) is 0. The van der Waals surface area contributed by atoms with Crippen LogP contribution in [0.1, 0.15) is 34.6 Å². The molecule has 0 saturated carbocycles. The third-order valence-corrected chi connectivity index (χ3v) is 0.500. The van der Waals surface area contributed by atoms with Gasteiger partial charge in [0.05, 0.1) is 0 Å². The van der Waals surface area contributed by atoms with E-state index in [2.05, 4.69) is 22.6 Å². The molecule has 2 N–H and O–H groups in total. The summed E-state index contributed by atoms with van der Waals surface area (Å²) in [4.78, 5) is 0. The zero-order valence-electron chi connectivity index (χ0n) is 9.02. The molecule has 0 unspecified atom stereocenters. The standard InChI is InChI=1S/C5H11N3.2C2H6/c1-3-5-7-8-6-4-2;2*1-2/h3,5-6,8H,1,4H2,2H3;2*1-2H3/b7-5-;;. The van der Waals surface area contributed by atoms with Crippen LogP contribution < -0.4 is 11.0 Å². The quantitative estimate of drug-likeness (QED) is 0.389. The highest BCUT2D eigenvalue weighted by molar-refractivity contribution is 5.69. The molecule has 0 atom stereocenters. The van der Waals surface area contributed by atoms with E-state index in [9.17, 15) is 0 Å². The van der Waals surface area contributed by atoms with Gasteiger partial charge < -0.3 is 0 Å². The summed E-state index contributed by atoms with van der Waals surface area (Å²) in [6, 6.07) is 0. The summed E-state index contributed by atoms with van der Waals surface area (Å²) in [7, 11) is 0. The lowest BCUT2D eigenvalue weighted by atomic mass is 10.7. The van der Waals surface area contributed by atoms with Crippen molar-refractivity contribution in [1.82, 2.24) is 11.0 Å². The minimum atomic E-state index is 0.856. The van der Waals surface area contributed by atoms with Crippen LogP contribution in [-0.2, 0) is 0 Å². The maximum Gasteiger partial charge on any atom is 0.0477 e. The molecule has 0 radical (unpaired) electrons. The van der Waals surface area contributed by atoms with Gasteiger partial charge in [-0.05, 0) is 6.08 Å². The lowest BCUT2D eigenvalue weighted by Crippen LogP contribution is -2.25. The maximum atomic E-state index is 3.68. The normalized spacial score (nSPS) is 7.42. The minimum absolute atomic E-state index is 0.856. The minimum Gasteiger partial charge on any atom is -0.243 e. The summed E-state index contributed by atoms with van der Waals surface area (Å²) in [5, 5.41) is 3.68. The molecule has 0 saturated heterocycles. The van der Waals surface area contributed by atoms with Gasteiger partial charge in [-0.3, -0.25) is 0 Å². The van der Waals surface area contributed by atoms with E-state index in [1.54, 1.807) is 12.3 Å². The molecule has 0 fully saturated rings. The third kappa shape index (κ3) is 35.2. The molecule has 0 aromatic carbocycles. The lowest BCUT2D eigenvalue weighted by molar-refractivity contribution is 0.581. The molecular weight excluding hydrogens is 150 g/mol. The van der Waals surface area contributed by atoms with Crippen LogP contribution in [0, 0.1) is 0 Å². The van der Waals surface area contributed by atoms with Crippen molar-refractivity contribution in [1.29, 1.82) is 0 Å². The predicted molar refractivity (Wildman–Crippen MR) is 58.2 cm³/mol. The van der Waals surface area contributed by atoms with Crippen LogP contribution in [-0.4, -0.2) is 12.8 Å². The Labute approximate surface area is 76.9 Å². The Kier molecular flexibility index (Phi) is 46.1. The van der Waals surface area contributed by atoms with Gasteiger partial charge in [-0.2, -0.15) is 5.10 Å². The second-order valence-electron chi connectivity index (χ2n) is 1.16. The number of hydrogen-bond donors (Lipinski definition) is 2. The van der Waals surface area contributed by atoms with Crippen molar-refractivity contribution in [3.8, 4) is 0 Å². The fourth-order valence-corrected chi connectivity index (χ4v) is 0.215. The van der Waals surface area contributed by atoms with Crippen LogP contribution in [0.4, 0.5) is 0 Å². The van der Waals surface area contributed by atoms with Crippen LogP contribution >= 0.6 is 0 Å². The second kappa shape index (κ2) is 32.0. The van der Waals surface area contributed by atoms with Crippen LogP contribution in [0.3, 0.4) is 0 Å². The second-order valence-corrected chi connectivity index (χ2v) is 1.16. The molecule has 3 heteroatoms. The molecule has 12 heavy (non-hydrogen) atoms. The van der Waals surface area contributed by atoms with Crippen LogP contribution in [0.25, 0.3) is 0 Å². The Morgan fingerprint density at radius 3 is 2.08 bits per heavy atom. The van der Waals surface area contributed by atoms with Gasteiger partial charge in [-0.15, -0.1) is 0 Å². The topological polar surface area (TPSA) is 36.4 Å². The smallest absolute Gasteiger partial charge is 0.0477 e. The van der Waals surface area contributed by atoms with E-state index < -0.39 is 0 Å². The number of hydrogen-bond acceptors (Lipinski definition) is 3. The van der Waals surface area contributed by atoms with Gasteiger partial charge in [-0.25, -0.2) is 11.0 Å². The molecule has 0 aromatic rings. The van der Waals surface area contributed by atoms with Crippen molar-refractivity contribution in [2.24, 2.45) is 5.10 Å². The molecule has 0 aliphatic rings. The summed E-state index contributed by atoms with van der Waals surface area (Å²) in [6.07, 6.45) is 3.17. The highest BCUT2D eigenvalue weighted by atomic mass is 15.5. The number of rotatable bonds is 4. The average Bonchev–Trinajstić information content (AvgIpc) is 2.19. The van der Waals surface area contributed by atoms with Crippen LogP contribution in [0.5, 0.6) is 0 Å². The van der Waals surface area contributed by atoms with Crippen LogP contribution in [0.2, 0.25) is 0 Å². The SMILES string of the molecule is C=C/C=N\NNCC.CC.CC. The average molecular weight is 173 g/mol. The molecule has 0 rings (SSSR count). The molecule has 0 amide bonds. The van der Waals surface area contributed by atoms with E-state index in [-0.39, 0.29) is 0 Å². The molecule has 0 aliphatic carbocycles. The predicted octanol–water partition coefficient (Wildman–Crippen LogP) is 2.32. The van der Waals surface area contributed by atoms with Crippen molar-refractivity contribution >= 4 is 6.21 Å². The molecule has 0 aliphatic heterocycles. The van der Waals surface area contributed by atoms with Crippen molar-refractivity contribution in [3.63, 3.8) is 0 Å². The number of hydrazine groups is 1. The van der Waals surface area contributed by atoms with E-state index >= 15 is 0 Å². The van der Waals surface area contributed by atoms with Crippen LogP contribution in [0.15, 0.2) is 17.8 Å². The van der Waals surface area contributed by atoms with E-state index in [0.717, 1.165) is 6.54 Å². The molecular formula is C9H23N3. The Bertz CT molecular complexity index is 79.8. The third-order valence-electron chi connectivity index (χ3n) is 0.500. The van der Waals surface area contributed by atoms with Crippen molar-refractivity contribution in [2.75, 3.05) is 6.54 Å². The van der Waals surface area contributed by atoms with Gasteiger partial charge >= 0.3 is 0 Å². The molecule has 3 nitrogen and oxygen atoms in total. The summed E-state index contributed by atoms with van der Waals surface area (Å²) < 4.78 is 0. The molecule has 0 heterocycles. The van der Waals surface area contributed by atoms with Gasteiger partial charge in [0.15, 0.2) is 0 Å². The fourth-order valence-electron chi connectivity index (χ4n) is 0.215. The van der Waals surface area contributed by atoms with Gasteiger partial charge in [0.25, 0.3) is 0 Å². The number of nitrogens with zero attached hydrogens (tertiary/aromatic N) is 1. The number of allylic oxidation sites excluding steroid dienone is 1. The molecule has 74 valence electrons. The first-order valence-corrected chi connectivity index (χ1v) is 4.53. The lowest BCUT2D eigenvalue weighted by Gasteiger charge is -1.94. The van der Waals surface area contributed by atoms with Crippen molar-refractivity contribution < 1.29 is 0 Å². The molecule has 0 aromatic heterocycles. The van der Waals surface area contributed by atoms with Gasteiger partial charge in [0, 0.05) is 12.8 Å². The van der Waals surface area contributed by atoms with Crippen molar-refractivity contribution in [3.05, 3.63) is 12.7 Å². The Morgan fingerprint density at radius 2 is 1.75 bits per heavy atom. The van der Waals surface area contributed by atoms with Gasteiger partial charge in [0.1, 0.15) is 0 Å². The Hall–Kier alpha value is -0.830. The molecule has 0 bridgehead atoms.